The van der Waals surface area contributed by atoms with Gasteiger partial charge in [0.25, 0.3) is 0 Å². The number of halogens is 4. The van der Waals surface area contributed by atoms with E-state index in [1.807, 2.05) is 0 Å². The van der Waals surface area contributed by atoms with Crippen LogP contribution in [0.4, 0.5) is 13.2 Å². The summed E-state index contributed by atoms with van der Waals surface area (Å²) in [5, 5.41) is 0. The molecule has 0 aliphatic heterocycles. The van der Waals surface area contributed by atoms with E-state index in [1.165, 1.54) is 6.92 Å². The minimum atomic E-state index is -4.34. The SMILES string of the molecule is CCN(CCCCl)S(=O)(=O)c1c(F)cc(F)cc1F. The van der Waals surface area contributed by atoms with Gasteiger partial charge in [0.15, 0.2) is 4.90 Å². The zero-order chi connectivity index (χ0) is 14.6. The largest absolute Gasteiger partial charge is 0.248 e. The Kier molecular flexibility index (Phi) is 5.64. The molecule has 0 heterocycles. The number of alkyl halides is 1. The van der Waals surface area contributed by atoms with E-state index in [1.54, 1.807) is 0 Å². The lowest BCUT2D eigenvalue weighted by atomic mass is 10.3. The minimum Gasteiger partial charge on any atom is -0.207 e. The highest BCUT2D eigenvalue weighted by Gasteiger charge is 2.30. The Morgan fingerprint density at radius 1 is 1.21 bits per heavy atom. The van der Waals surface area contributed by atoms with Crippen LogP contribution in [0.15, 0.2) is 17.0 Å². The topological polar surface area (TPSA) is 37.4 Å². The molecule has 0 bridgehead atoms. The molecule has 19 heavy (non-hydrogen) atoms. The second-order valence-electron chi connectivity index (χ2n) is 3.74. The molecule has 0 amide bonds. The minimum absolute atomic E-state index is 0.0372. The van der Waals surface area contributed by atoms with E-state index in [9.17, 15) is 21.6 Å². The van der Waals surface area contributed by atoms with E-state index < -0.39 is 32.4 Å². The molecule has 0 aliphatic rings. The van der Waals surface area contributed by atoms with Crippen LogP contribution >= 0.6 is 11.6 Å². The van der Waals surface area contributed by atoms with Crippen molar-refractivity contribution in [1.29, 1.82) is 0 Å². The number of hydrogen-bond acceptors (Lipinski definition) is 2. The van der Waals surface area contributed by atoms with Gasteiger partial charge in [-0.1, -0.05) is 6.92 Å². The maximum absolute atomic E-state index is 13.5. The van der Waals surface area contributed by atoms with Crippen molar-refractivity contribution in [3.8, 4) is 0 Å². The molecule has 1 rings (SSSR count). The van der Waals surface area contributed by atoms with Crippen LogP contribution in [-0.2, 0) is 10.0 Å². The Balaban J connectivity index is 3.26. The van der Waals surface area contributed by atoms with Gasteiger partial charge < -0.3 is 0 Å². The highest BCUT2D eigenvalue weighted by atomic mass is 35.5. The number of hydrogen-bond donors (Lipinski definition) is 0. The molecule has 3 nitrogen and oxygen atoms in total. The Bertz CT molecular complexity index is 528. The van der Waals surface area contributed by atoms with Gasteiger partial charge >= 0.3 is 0 Å². The molecule has 1 aromatic carbocycles. The summed E-state index contributed by atoms with van der Waals surface area (Å²) in [5.41, 5.74) is 0. The fraction of sp³-hybridized carbons (Fsp3) is 0.455. The normalized spacial score (nSPS) is 12.1. The van der Waals surface area contributed by atoms with Gasteiger partial charge in [0.2, 0.25) is 10.0 Å². The number of benzene rings is 1. The molecule has 1 aromatic rings. The van der Waals surface area contributed by atoms with Crippen LogP contribution in [0.3, 0.4) is 0 Å². The van der Waals surface area contributed by atoms with E-state index in [0.29, 0.717) is 18.6 Å². The van der Waals surface area contributed by atoms with Crippen LogP contribution in [0, 0.1) is 17.5 Å². The van der Waals surface area contributed by atoms with E-state index in [0.717, 1.165) is 4.31 Å². The Morgan fingerprint density at radius 2 is 1.74 bits per heavy atom. The smallest absolute Gasteiger partial charge is 0.207 e. The first kappa shape index (κ1) is 16.3. The highest BCUT2D eigenvalue weighted by molar-refractivity contribution is 7.89. The molecule has 0 fully saturated rings. The third-order valence-corrected chi connectivity index (χ3v) is 4.75. The molecular formula is C11H13ClF3NO2S. The first-order valence-corrected chi connectivity index (χ1v) is 7.52. The zero-order valence-electron chi connectivity index (χ0n) is 10.2. The van der Waals surface area contributed by atoms with Crippen molar-refractivity contribution in [3.05, 3.63) is 29.6 Å². The van der Waals surface area contributed by atoms with Crippen LogP contribution in [0.25, 0.3) is 0 Å². The fourth-order valence-corrected chi connectivity index (χ4v) is 3.29. The summed E-state index contributed by atoms with van der Waals surface area (Å²) in [6.07, 6.45) is 0.346. The first-order valence-electron chi connectivity index (χ1n) is 5.55. The molecule has 0 unspecified atom stereocenters. The van der Waals surface area contributed by atoms with Gasteiger partial charge in [-0.2, -0.15) is 4.31 Å². The lowest BCUT2D eigenvalue weighted by Crippen LogP contribution is -2.33. The van der Waals surface area contributed by atoms with Crippen molar-refractivity contribution in [2.24, 2.45) is 0 Å². The van der Waals surface area contributed by atoms with Crippen LogP contribution in [-0.4, -0.2) is 31.7 Å². The monoisotopic (exact) mass is 315 g/mol. The van der Waals surface area contributed by atoms with Crippen molar-refractivity contribution in [3.63, 3.8) is 0 Å². The molecule has 108 valence electrons. The highest BCUT2D eigenvalue weighted by Crippen LogP contribution is 2.23. The zero-order valence-corrected chi connectivity index (χ0v) is 11.7. The van der Waals surface area contributed by atoms with Crippen LogP contribution in [0.1, 0.15) is 13.3 Å². The summed E-state index contributed by atoms with van der Waals surface area (Å²) in [6, 6.07) is 0.677. The quantitative estimate of drug-likeness (QED) is 0.757. The average Bonchev–Trinajstić information content (AvgIpc) is 2.27. The predicted molar refractivity (Wildman–Crippen MR) is 66.1 cm³/mol. The summed E-state index contributed by atoms with van der Waals surface area (Å²) in [4.78, 5) is -1.13. The predicted octanol–water partition coefficient (Wildman–Crippen LogP) is 2.74. The number of nitrogens with zero attached hydrogens (tertiary/aromatic N) is 1. The van der Waals surface area contributed by atoms with Gasteiger partial charge in [-0.3, -0.25) is 0 Å². The standard InChI is InChI=1S/C11H13ClF3NO2S/c1-2-16(5-3-4-12)19(17,18)11-9(14)6-8(13)7-10(11)15/h6-7H,2-5H2,1H3. The molecule has 0 radical (unpaired) electrons. The molecule has 0 aromatic heterocycles. The molecule has 0 saturated carbocycles. The molecule has 0 saturated heterocycles. The second kappa shape index (κ2) is 6.58. The molecule has 0 atom stereocenters. The summed E-state index contributed by atoms with van der Waals surface area (Å²) in [5.74, 6) is -3.83. The Labute approximate surface area is 115 Å². The lowest BCUT2D eigenvalue weighted by Gasteiger charge is -2.20. The van der Waals surface area contributed by atoms with Crippen LogP contribution in [0.5, 0.6) is 0 Å². The molecule has 0 aliphatic carbocycles. The first-order chi connectivity index (χ1) is 8.84. The van der Waals surface area contributed by atoms with Crippen LogP contribution in [0.2, 0.25) is 0 Å². The van der Waals surface area contributed by atoms with Crippen molar-refractivity contribution in [2.75, 3.05) is 19.0 Å². The maximum Gasteiger partial charge on any atom is 0.248 e. The molecule has 0 spiro atoms. The van der Waals surface area contributed by atoms with Crippen molar-refractivity contribution in [1.82, 2.24) is 4.31 Å². The molecule has 8 heteroatoms. The number of rotatable bonds is 6. The maximum atomic E-state index is 13.5. The Morgan fingerprint density at radius 3 is 2.16 bits per heavy atom. The summed E-state index contributed by atoms with van der Waals surface area (Å²) in [6.45, 7) is 1.61. The van der Waals surface area contributed by atoms with Gasteiger partial charge in [0.05, 0.1) is 0 Å². The summed E-state index contributed by atoms with van der Waals surface area (Å²) in [7, 11) is -4.34. The number of sulfonamides is 1. The van der Waals surface area contributed by atoms with Gasteiger partial charge in [-0.15, -0.1) is 11.6 Å². The average molecular weight is 316 g/mol. The van der Waals surface area contributed by atoms with Crippen molar-refractivity contribution >= 4 is 21.6 Å². The van der Waals surface area contributed by atoms with Gasteiger partial charge in [0.1, 0.15) is 17.5 Å². The Hall–Kier alpha value is -0.790. The summed E-state index contributed by atoms with van der Waals surface area (Å²) < 4.78 is 64.9. The van der Waals surface area contributed by atoms with Gasteiger partial charge in [-0.05, 0) is 6.42 Å². The molecular weight excluding hydrogens is 303 g/mol. The van der Waals surface area contributed by atoms with E-state index >= 15 is 0 Å². The second-order valence-corrected chi connectivity index (χ2v) is 5.99. The molecule has 0 N–H and O–H groups in total. The van der Waals surface area contributed by atoms with Crippen molar-refractivity contribution < 1.29 is 21.6 Å². The fourth-order valence-electron chi connectivity index (χ4n) is 1.59. The third-order valence-electron chi connectivity index (χ3n) is 2.45. The lowest BCUT2D eigenvalue weighted by molar-refractivity contribution is 0.415. The third kappa shape index (κ3) is 3.61. The summed E-state index contributed by atoms with van der Waals surface area (Å²) >= 11 is 5.46. The van der Waals surface area contributed by atoms with Gasteiger partial charge in [0, 0.05) is 31.1 Å². The van der Waals surface area contributed by atoms with Crippen LogP contribution < -0.4 is 0 Å². The van der Waals surface area contributed by atoms with E-state index in [4.69, 9.17) is 11.6 Å². The van der Waals surface area contributed by atoms with Crippen molar-refractivity contribution in [2.45, 2.75) is 18.2 Å². The van der Waals surface area contributed by atoms with E-state index in [-0.39, 0.29) is 19.0 Å². The van der Waals surface area contributed by atoms with E-state index in [2.05, 4.69) is 0 Å². The van der Waals surface area contributed by atoms with Gasteiger partial charge in [-0.25, -0.2) is 21.6 Å².